The van der Waals surface area contributed by atoms with Gasteiger partial charge in [0.25, 0.3) is 11.6 Å². The van der Waals surface area contributed by atoms with Crippen molar-refractivity contribution in [2.24, 2.45) is 0 Å². The number of aliphatic hydroxyl groups is 1. The average Bonchev–Trinajstić information content (AvgIpc) is 2.60. The van der Waals surface area contributed by atoms with E-state index in [1.54, 1.807) is 0 Å². The predicted molar refractivity (Wildman–Crippen MR) is 89.7 cm³/mol. The summed E-state index contributed by atoms with van der Waals surface area (Å²) < 4.78 is 65.1. The lowest BCUT2D eigenvalue weighted by Gasteiger charge is -2.42. The summed E-state index contributed by atoms with van der Waals surface area (Å²) in [6.07, 6.45) is -5.20. The lowest BCUT2D eigenvalue weighted by atomic mass is 10.0. The predicted octanol–water partition coefficient (Wildman–Crippen LogP) is 1.13. The number of carbonyl (C=O) groups is 1. The summed E-state index contributed by atoms with van der Waals surface area (Å²) in [5.74, 6) is -1.59. The summed E-state index contributed by atoms with van der Waals surface area (Å²) in [6, 6.07) is 3.70. The number of hydrogen-bond donors (Lipinski definition) is 1. The van der Waals surface area contributed by atoms with E-state index in [4.69, 9.17) is 0 Å². The maximum Gasteiger partial charge on any atom is 0.426 e. The molecular weight excluding hydrogens is 407 g/mol. The lowest BCUT2D eigenvalue weighted by molar-refractivity contribution is -0.387. The number of benzene rings is 1. The van der Waals surface area contributed by atoms with E-state index < -0.39 is 55.8 Å². The third-order valence-corrected chi connectivity index (χ3v) is 6.41. The van der Waals surface area contributed by atoms with Crippen LogP contribution < -0.4 is 0 Å². The minimum Gasteiger partial charge on any atom is -0.373 e. The van der Waals surface area contributed by atoms with Crippen molar-refractivity contribution < 1.29 is 36.4 Å². The van der Waals surface area contributed by atoms with E-state index in [2.05, 4.69) is 0 Å². The molecule has 1 aliphatic heterocycles. The molecule has 1 unspecified atom stereocenters. The van der Waals surface area contributed by atoms with Crippen LogP contribution in [0.5, 0.6) is 0 Å². The van der Waals surface area contributed by atoms with Crippen molar-refractivity contribution in [2.45, 2.75) is 36.6 Å². The van der Waals surface area contributed by atoms with Crippen molar-refractivity contribution in [1.82, 2.24) is 9.21 Å². The van der Waals surface area contributed by atoms with Crippen LogP contribution in [0.2, 0.25) is 0 Å². The van der Waals surface area contributed by atoms with Crippen LogP contribution in [0.1, 0.15) is 13.8 Å². The van der Waals surface area contributed by atoms with Crippen molar-refractivity contribution in [3.05, 3.63) is 34.4 Å². The Morgan fingerprint density at radius 1 is 1.29 bits per heavy atom. The fraction of sp³-hybridized carbons (Fsp3) is 0.533. The van der Waals surface area contributed by atoms with Gasteiger partial charge in [-0.05, 0) is 19.9 Å². The molecule has 1 heterocycles. The molecule has 1 aromatic carbocycles. The molecule has 2 atom stereocenters. The van der Waals surface area contributed by atoms with Crippen molar-refractivity contribution in [2.75, 3.05) is 19.6 Å². The van der Waals surface area contributed by atoms with Gasteiger partial charge in [0, 0.05) is 31.7 Å². The first-order valence-electron chi connectivity index (χ1n) is 8.05. The molecular formula is C15H18F3N3O6S. The highest BCUT2D eigenvalue weighted by molar-refractivity contribution is 7.89. The minimum atomic E-state index is -5.20. The van der Waals surface area contributed by atoms with Gasteiger partial charge in [0.1, 0.15) is 0 Å². The molecule has 2 rings (SSSR count). The molecule has 28 heavy (non-hydrogen) atoms. The molecule has 1 amide bonds. The zero-order valence-electron chi connectivity index (χ0n) is 14.9. The van der Waals surface area contributed by atoms with Crippen molar-refractivity contribution >= 4 is 21.6 Å². The van der Waals surface area contributed by atoms with Gasteiger partial charge in [-0.3, -0.25) is 14.9 Å². The van der Waals surface area contributed by atoms with Gasteiger partial charge in [-0.15, -0.1) is 0 Å². The number of amides is 1. The van der Waals surface area contributed by atoms with Gasteiger partial charge in [-0.2, -0.15) is 17.5 Å². The second kappa shape index (κ2) is 7.29. The number of nitro groups is 1. The summed E-state index contributed by atoms with van der Waals surface area (Å²) in [4.78, 5) is 22.6. The van der Waals surface area contributed by atoms with Crippen LogP contribution in [0.4, 0.5) is 18.9 Å². The SMILES string of the molecule is C[C@@H]1CN(S(=O)(=O)c2ccccc2[N+](=O)[O-])CCN1C(=O)C(C)(O)C(F)(F)F. The summed E-state index contributed by atoms with van der Waals surface area (Å²) in [6.45, 7) is 0.489. The Labute approximate surface area is 158 Å². The number of sulfonamides is 1. The molecule has 0 saturated carbocycles. The zero-order chi connectivity index (χ0) is 21.5. The molecule has 1 aliphatic rings. The Morgan fingerprint density at radius 3 is 2.36 bits per heavy atom. The number of halogens is 3. The largest absolute Gasteiger partial charge is 0.426 e. The van der Waals surface area contributed by atoms with E-state index in [-0.39, 0.29) is 13.1 Å². The first-order valence-corrected chi connectivity index (χ1v) is 9.49. The molecule has 1 saturated heterocycles. The van der Waals surface area contributed by atoms with E-state index in [0.717, 1.165) is 21.3 Å². The molecule has 0 radical (unpaired) electrons. The first kappa shape index (κ1) is 22.0. The highest BCUT2D eigenvalue weighted by atomic mass is 32.2. The van der Waals surface area contributed by atoms with E-state index in [0.29, 0.717) is 6.92 Å². The molecule has 0 aliphatic carbocycles. The van der Waals surface area contributed by atoms with Crippen LogP contribution >= 0.6 is 0 Å². The second-order valence-electron chi connectivity index (χ2n) is 6.51. The van der Waals surface area contributed by atoms with E-state index >= 15 is 0 Å². The Morgan fingerprint density at radius 2 is 1.86 bits per heavy atom. The molecule has 1 aromatic rings. The second-order valence-corrected chi connectivity index (χ2v) is 8.41. The number of alkyl halides is 3. The van der Waals surface area contributed by atoms with Crippen molar-refractivity contribution in [3.8, 4) is 0 Å². The normalized spacial score (nSPS) is 21.2. The van der Waals surface area contributed by atoms with Crippen LogP contribution in [0.15, 0.2) is 29.2 Å². The van der Waals surface area contributed by atoms with Crippen LogP contribution in [0, 0.1) is 10.1 Å². The van der Waals surface area contributed by atoms with E-state index in [1.165, 1.54) is 19.1 Å². The summed E-state index contributed by atoms with van der Waals surface area (Å²) in [5, 5.41) is 20.7. The number of hydrogen-bond acceptors (Lipinski definition) is 6. The topological polar surface area (TPSA) is 121 Å². The Bertz CT molecular complexity index is 887. The smallest absolute Gasteiger partial charge is 0.373 e. The Kier molecular flexibility index (Phi) is 5.74. The quantitative estimate of drug-likeness (QED) is 0.570. The Balaban J connectivity index is 2.27. The first-order chi connectivity index (χ1) is 12.7. The fourth-order valence-corrected chi connectivity index (χ4v) is 4.48. The lowest BCUT2D eigenvalue weighted by Crippen LogP contribution is -2.63. The van der Waals surface area contributed by atoms with Crippen LogP contribution in [0.3, 0.4) is 0 Å². The average molecular weight is 425 g/mol. The summed E-state index contributed by atoms with van der Waals surface area (Å²) >= 11 is 0. The monoisotopic (exact) mass is 425 g/mol. The summed E-state index contributed by atoms with van der Waals surface area (Å²) in [5.41, 5.74) is -4.24. The van der Waals surface area contributed by atoms with Crippen molar-refractivity contribution in [1.29, 1.82) is 0 Å². The van der Waals surface area contributed by atoms with Crippen LogP contribution in [-0.2, 0) is 14.8 Å². The number of nitro benzene ring substituents is 1. The van der Waals surface area contributed by atoms with Gasteiger partial charge in [0.05, 0.1) is 4.92 Å². The van der Waals surface area contributed by atoms with Gasteiger partial charge in [-0.1, -0.05) is 12.1 Å². The van der Waals surface area contributed by atoms with Gasteiger partial charge in [0.2, 0.25) is 15.6 Å². The Hall–Kier alpha value is -2.25. The highest BCUT2D eigenvalue weighted by Crippen LogP contribution is 2.33. The number of carbonyl (C=O) groups excluding carboxylic acids is 1. The van der Waals surface area contributed by atoms with Crippen molar-refractivity contribution in [3.63, 3.8) is 0 Å². The number of para-hydroxylation sites is 1. The molecule has 156 valence electrons. The van der Waals surface area contributed by atoms with E-state index in [1.807, 2.05) is 0 Å². The number of rotatable bonds is 4. The number of piperazine rings is 1. The standard InChI is InChI=1S/C15H18F3N3O6S/c1-10-9-19(7-8-20(10)13(22)14(2,23)15(16,17)18)28(26,27)12-6-4-3-5-11(12)21(24)25/h3-6,10,23H,7-9H2,1-2H3/t10-,14?/m1/s1. The molecule has 1 fully saturated rings. The third-order valence-electron chi connectivity index (χ3n) is 4.50. The maximum absolute atomic E-state index is 12.9. The molecule has 9 nitrogen and oxygen atoms in total. The van der Waals surface area contributed by atoms with Gasteiger partial charge >= 0.3 is 6.18 Å². The van der Waals surface area contributed by atoms with E-state index in [9.17, 15) is 41.6 Å². The van der Waals surface area contributed by atoms with Gasteiger partial charge in [0.15, 0.2) is 4.90 Å². The van der Waals surface area contributed by atoms with Gasteiger partial charge in [-0.25, -0.2) is 8.42 Å². The molecule has 1 N–H and O–H groups in total. The van der Waals surface area contributed by atoms with Gasteiger partial charge < -0.3 is 10.0 Å². The third kappa shape index (κ3) is 3.82. The maximum atomic E-state index is 12.9. The highest BCUT2D eigenvalue weighted by Gasteiger charge is 2.58. The summed E-state index contributed by atoms with van der Waals surface area (Å²) in [7, 11) is -4.31. The van der Waals surface area contributed by atoms with Crippen LogP contribution in [0.25, 0.3) is 0 Å². The molecule has 0 aromatic heterocycles. The fourth-order valence-electron chi connectivity index (χ4n) is 2.81. The molecule has 13 heteroatoms. The zero-order valence-corrected chi connectivity index (χ0v) is 15.7. The molecule has 0 bridgehead atoms. The number of nitrogens with zero attached hydrogens (tertiary/aromatic N) is 3. The minimum absolute atomic E-state index is 0.332. The van der Waals surface area contributed by atoms with Crippen LogP contribution in [-0.4, -0.2) is 71.0 Å². The molecule has 0 spiro atoms.